The summed E-state index contributed by atoms with van der Waals surface area (Å²) in [7, 11) is -3.46. The zero-order valence-corrected chi connectivity index (χ0v) is 18.1. The number of amides is 2. The predicted molar refractivity (Wildman–Crippen MR) is 113 cm³/mol. The Morgan fingerprint density at radius 2 is 1.67 bits per heavy atom. The van der Waals surface area contributed by atoms with E-state index < -0.39 is 15.7 Å². The largest absolute Gasteiger partial charge is 0.506 e. The molecule has 0 aromatic heterocycles. The van der Waals surface area contributed by atoms with E-state index in [0.29, 0.717) is 6.42 Å². The molecule has 4 saturated carbocycles. The van der Waals surface area contributed by atoms with Crippen molar-refractivity contribution in [1.29, 1.82) is 0 Å². The molecule has 8 heteroatoms. The molecule has 2 amide bonds. The molecule has 0 unspecified atom stereocenters. The molecular formula is C22H30N2O5S. The lowest BCUT2D eigenvalue weighted by molar-refractivity contribution is -0.131. The van der Waals surface area contributed by atoms with Crippen LogP contribution in [0.25, 0.3) is 0 Å². The van der Waals surface area contributed by atoms with Gasteiger partial charge in [-0.15, -0.1) is 0 Å². The SMILES string of the molecule is CCS(=O)(=O)c1ccc(O)c(NC(=O)CNC(=O)CC23CC4CC(CC(C4)C2)C3)c1. The molecular weight excluding hydrogens is 404 g/mol. The van der Waals surface area contributed by atoms with Crippen LogP contribution in [-0.4, -0.2) is 37.6 Å². The maximum atomic E-state index is 12.6. The Labute approximate surface area is 177 Å². The van der Waals surface area contributed by atoms with Crippen molar-refractivity contribution in [2.24, 2.45) is 23.2 Å². The standard InChI is InChI=1S/C22H30N2O5S/c1-2-30(28,29)17-3-4-19(25)18(8-17)24-21(27)13-23-20(26)12-22-9-14-5-15(10-22)7-16(6-14)11-22/h3-4,8,14-16,25H,2,5-7,9-13H2,1H3,(H,23,26)(H,24,27). The highest BCUT2D eigenvalue weighted by atomic mass is 32.2. The van der Waals surface area contributed by atoms with Crippen molar-refractivity contribution >= 4 is 27.3 Å². The van der Waals surface area contributed by atoms with Gasteiger partial charge >= 0.3 is 0 Å². The molecule has 0 heterocycles. The molecule has 0 atom stereocenters. The van der Waals surface area contributed by atoms with Crippen LogP contribution < -0.4 is 10.6 Å². The molecule has 4 bridgehead atoms. The number of carbonyl (C=O) groups is 2. The lowest BCUT2D eigenvalue weighted by Gasteiger charge is -2.56. The van der Waals surface area contributed by atoms with Gasteiger partial charge < -0.3 is 15.7 Å². The Hall–Kier alpha value is -2.09. The summed E-state index contributed by atoms with van der Waals surface area (Å²) in [5.41, 5.74) is 0.126. The first kappa shape index (κ1) is 21.2. The highest BCUT2D eigenvalue weighted by molar-refractivity contribution is 7.91. The van der Waals surface area contributed by atoms with Crippen molar-refractivity contribution < 1.29 is 23.1 Å². The van der Waals surface area contributed by atoms with Crippen molar-refractivity contribution in [1.82, 2.24) is 5.32 Å². The third-order valence-corrected chi connectivity index (χ3v) is 8.86. The Morgan fingerprint density at radius 1 is 1.07 bits per heavy atom. The first-order chi connectivity index (χ1) is 14.2. The summed E-state index contributed by atoms with van der Waals surface area (Å²) in [4.78, 5) is 24.9. The molecule has 164 valence electrons. The lowest BCUT2D eigenvalue weighted by atomic mass is 9.49. The van der Waals surface area contributed by atoms with Crippen molar-refractivity contribution in [2.75, 3.05) is 17.6 Å². The van der Waals surface area contributed by atoms with Gasteiger partial charge in [0, 0.05) is 6.42 Å². The second-order valence-electron chi connectivity index (χ2n) is 9.50. The molecule has 4 aliphatic rings. The van der Waals surface area contributed by atoms with Gasteiger partial charge in [-0.1, -0.05) is 6.92 Å². The number of benzene rings is 1. The van der Waals surface area contributed by atoms with Crippen LogP contribution >= 0.6 is 0 Å². The molecule has 30 heavy (non-hydrogen) atoms. The molecule has 0 spiro atoms. The number of phenols is 1. The third-order valence-electron chi connectivity index (χ3n) is 7.13. The molecule has 4 fully saturated rings. The quantitative estimate of drug-likeness (QED) is 0.571. The van der Waals surface area contributed by atoms with Gasteiger partial charge in [-0.3, -0.25) is 9.59 Å². The Bertz CT molecular complexity index is 921. The van der Waals surface area contributed by atoms with Gasteiger partial charge in [-0.2, -0.15) is 0 Å². The Kier molecular flexibility index (Phi) is 5.55. The summed E-state index contributed by atoms with van der Waals surface area (Å²) in [5, 5.41) is 15.1. The molecule has 0 aliphatic heterocycles. The molecule has 7 nitrogen and oxygen atoms in total. The third kappa shape index (κ3) is 4.33. The topological polar surface area (TPSA) is 113 Å². The number of rotatable bonds is 7. The van der Waals surface area contributed by atoms with E-state index in [1.165, 1.54) is 44.4 Å². The number of nitrogens with one attached hydrogen (secondary N) is 2. The zero-order valence-electron chi connectivity index (χ0n) is 17.3. The zero-order chi connectivity index (χ0) is 21.5. The number of sulfone groups is 1. The highest BCUT2D eigenvalue weighted by Gasteiger charge is 2.51. The van der Waals surface area contributed by atoms with Crippen LogP contribution in [0.3, 0.4) is 0 Å². The molecule has 0 radical (unpaired) electrons. The van der Waals surface area contributed by atoms with Crippen LogP contribution in [0.15, 0.2) is 23.1 Å². The van der Waals surface area contributed by atoms with Crippen molar-refractivity contribution in [2.45, 2.75) is 56.8 Å². The summed E-state index contributed by atoms with van der Waals surface area (Å²) in [5.74, 6) is 1.38. The molecule has 5 rings (SSSR count). The van der Waals surface area contributed by atoms with Gasteiger partial charge in [0.2, 0.25) is 11.8 Å². The predicted octanol–water partition coefficient (Wildman–Crippen LogP) is 2.85. The lowest BCUT2D eigenvalue weighted by Crippen LogP contribution is -2.48. The molecule has 1 aromatic carbocycles. The number of anilines is 1. The number of phenolic OH excluding ortho intramolecular Hbond substituents is 1. The first-order valence-corrected chi connectivity index (χ1v) is 12.5. The number of hydrogen-bond acceptors (Lipinski definition) is 5. The molecule has 3 N–H and O–H groups in total. The van der Waals surface area contributed by atoms with Gasteiger partial charge in [0.25, 0.3) is 0 Å². The van der Waals surface area contributed by atoms with Crippen LogP contribution in [0.1, 0.15) is 51.9 Å². The maximum Gasteiger partial charge on any atom is 0.243 e. The molecule has 0 saturated heterocycles. The number of aromatic hydroxyl groups is 1. The molecule has 1 aromatic rings. The van der Waals surface area contributed by atoms with Crippen LogP contribution in [0.2, 0.25) is 0 Å². The van der Waals surface area contributed by atoms with Gasteiger partial charge in [0.05, 0.1) is 22.9 Å². The van der Waals surface area contributed by atoms with E-state index in [1.807, 2.05) is 0 Å². The van der Waals surface area contributed by atoms with E-state index in [4.69, 9.17) is 0 Å². The normalized spacial score (nSPS) is 29.6. The minimum Gasteiger partial charge on any atom is -0.506 e. The van der Waals surface area contributed by atoms with E-state index >= 15 is 0 Å². The van der Waals surface area contributed by atoms with Gasteiger partial charge in [0.15, 0.2) is 9.84 Å². The summed E-state index contributed by atoms with van der Waals surface area (Å²) in [6.07, 6.45) is 7.82. The fraction of sp³-hybridized carbons (Fsp3) is 0.636. The maximum absolute atomic E-state index is 12.6. The summed E-state index contributed by atoms with van der Waals surface area (Å²) in [6.45, 7) is 1.31. The van der Waals surface area contributed by atoms with Gasteiger partial charge in [-0.25, -0.2) is 8.42 Å². The summed E-state index contributed by atoms with van der Waals surface area (Å²) < 4.78 is 24.0. The van der Waals surface area contributed by atoms with Gasteiger partial charge in [0.1, 0.15) is 5.75 Å². The van der Waals surface area contributed by atoms with Crippen LogP contribution in [0, 0.1) is 23.2 Å². The van der Waals surface area contributed by atoms with Gasteiger partial charge in [-0.05, 0) is 79.9 Å². The summed E-state index contributed by atoms with van der Waals surface area (Å²) >= 11 is 0. The second-order valence-corrected chi connectivity index (χ2v) is 11.8. The molecule has 4 aliphatic carbocycles. The van der Waals surface area contributed by atoms with E-state index in [9.17, 15) is 23.1 Å². The fourth-order valence-electron chi connectivity index (χ4n) is 6.26. The average molecular weight is 435 g/mol. The number of hydrogen-bond donors (Lipinski definition) is 3. The summed E-state index contributed by atoms with van der Waals surface area (Å²) in [6, 6.07) is 3.78. The van der Waals surface area contributed by atoms with Crippen molar-refractivity contribution in [3.63, 3.8) is 0 Å². The van der Waals surface area contributed by atoms with E-state index in [1.54, 1.807) is 0 Å². The average Bonchev–Trinajstić information content (AvgIpc) is 2.66. The van der Waals surface area contributed by atoms with Crippen LogP contribution in [0.5, 0.6) is 5.75 Å². The monoisotopic (exact) mass is 434 g/mol. The smallest absolute Gasteiger partial charge is 0.243 e. The minimum absolute atomic E-state index is 0.0184. The van der Waals surface area contributed by atoms with Crippen molar-refractivity contribution in [3.05, 3.63) is 18.2 Å². The van der Waals surface area contributed by atoms with Crippen molar-refractivity contribution in [3.8, 4) is 5.75 Å². The fourth-order valence-corrected chi connectivity index (χ4v) is 7.16. The highest BCUT2D eigenvalue weighted by Crippen LogP contribution is 2.61. The van der Waals surface area contributed by atoms with Crippen LogP contribution in [0.4, 0.5) is 5.69 Å². The second kappa shape index (κ2) is 7.87. The Morgan fingerprint density at radius 3 is 2.23 bits per heavy atom. The van der Waals surface area contributed by atoms with E-state index in [2.05, 4.69) is 10.6 Å². The number of carbonyl (C=O) groups excluding carboxylic acids is 2. The first-order valence-electron chi connectivity index (χ1n) is 10.8. The van der Waals surface area contributed by atoms with E-state index in [0.717, 1.165) is 37.0 Å². The van der Waals surface area contributed by atoms with E-state index in [-0.39, 0.29) is 40.0 Å². The van der Waals surface area contributed by atoms with Crippen LogP contribution in [-0.2, 0) is 19.4 Å². The Balaban J connectivity index is 1.32. The minimum atomic E-state index is -3.46.